The molecule has 0 amide bonds. The van der Waals surface area contributed by atoms with Crippen molar-refractivity contribution >= 4 is 55.7 Å². The first kappa shape index (κ1) is 14.8. The van der Waals surface area contributed by atoms with Crippen molar-refractivity contribution in [1.82, 2.24) is 4.98 Å². The van der Waals surface area contributed by atoms with E-state index in [1.807, 2.05) is 0 Å². The van der Waals surface area contributed by atoms with Crippen LogP contribution >= 0.6 is 49.9 Å². The van der Waals surface area contributed by atoms with E-state index < -0.39 is 0 Å². The number of alkyl halides is 1. The zero-order valence-electron chi connectivity index (χ0n) is 6.07. The van der Waals surface area contributed by atoms with Gasteiger partial charge in [-0.2, -0.15) is 0 Å². The Morgan fingerprint density at radius 3 is 2.25 bits per heavy atom. The van der Waals surface area contributed by atoms with Gasteiger partial charge in [-0.1, -0.05) is 15.9 Å². The van der Waals surface area contributed by atoms with Crippen molar-refractivity contribution in [1.29, 1.82) is 0 Å². The summed E-state index contributed by atoms with van der Waals surface area (Å²) in [4.78, 5) is 14.7. The summed E-state index contributed by atoms with van der Waals surface area (Å²) >= 11 is 3.08. The fourth-order valence-electron chi connectivity index (χ4n) is 0.615. The topological polar surface area (TPSA) is 30.0 Å². The van der Waals surface area contributed by atoms with E-state index in [1.165, 1.54) is 0 Å². The van der Waals surface area contributed by atoms with Crippen LogP contribution in [0, 0.1) is 0 Å². The number of Topliss-reactive ketones (excluding diaryl/α,β-unsaturated/α-hetero) is 1. The SMILES string of the molecule is Br.Br.O=C(CBr)c1ccncc1. The Balaban J connectivity index is 0. The lowest BCUT2D eigenvalue weighted by Gasteiger charge is -1.92. The van der Waals surface area contributed by atoms with Gasteiger partial charge in [-0.15, -0.1) is 34.0 Å². The van der Waals surface area contributed by atoms with Gasteiger partial charge in [-0.25, -0.2) is 0 Å². The first-order valence-corrected chi connectivity index (χ1v) is 3.96. The van der Waals surface area contributed by atoms with E-state index in [-0.39, 0.29) is 39.7 Å². The van der Waals surface area contributed by atoms with Gasteiger partial charge in [-0.05, 0) is 12.1 Å². The second kappa shape index (κ2) is 7.89. The minimum atomic E-state index is 0. The number of rotatable bonds is 2. The number of halogens is 3. The number of carbonyl (C=O) groups excluding carboxylic acids is 1. The smallest absolute Gasteiger partial charge is 0.173 e. The van der Waals surface area contributed by atoms with Crippen LogP contribution in [0.3, 0.4) is 0 Å². The van der Waals surface area contributed by atoms with Crippen LogP contribution in [0.5, 0.6) is 0 Å². The molecular formula is C7H8Br3NO. The Kier molecular flexibility index (Phi) is 9.70. The summed E-state index contributed by atoms with van der Waals surface area (Å²) in [6.07, 6.45) is 3.21. The van der Waals surface area contributed by atoms with Crippen molar-refractivity contribution in [2.45, 2.75) is 0 Å². The summed E-state index contributed by atoms with van der Waals surface area (Å²) in [5, 5.41) is 0.372. The molecule has 0 unspecified atom stereocenters. The quantitative estimate of drug-likeness (QED) is 0.599. The summed E-state index contributed by atoms with van der Waals surface area (Å²) in [7, 11) is 0. The molecule has 0 aliphatic carbocycles. The molecular weight excluding hydrogens is 354 g/mol. The summed E-state index contributed by atoms with van der Waals surface area (Å²) < 4.78 is 0. The second-order valence-electron chi connectivity index (χ2n) is 1.79. The van der Waals surface area contributed by atoms with Crippen LogP contribution < -0.4 is 0 Å². The molecule has 0 aliphatic rings. The highest BCUT2D eigenvalue weighted by atomic mass is 79.9. The highest BCUT2D eigenvalue weighted by Crippen LogP contribution is 1.99. The van der Waals surface area contributed by atoms with Crippen molar-refractivity contribution in [3.05, 3.63) is 30.1 Å². The number of hydrogen-bond donors (Lipinski definition) is 0. The molecule has 2 nitrogen and oxygen atoms in total. The first-order chi connectivity index (χ1) is 4.84. The Hall–Kier alpha value is 0.260. The third-order valence-electron chi connectivity index (χ3n) is 1.12. The summed E-state index contributed by atoms with van der Waals surface area (Å²) in [5.74, 6) is 0.0856. The van der Waals surface area contributed by atoms with Crippen molar-refractivity contribution in [3.63, 3.8) is 0 Å². The highest BCUT2D eigenvalue weighted by molar-refractivity contribution is 9.09. The van der Waals surface area contributed by atoms with Gasteiger partial charge < -0.3 is 0 Å². The third kappa shape index (κ3) is 4.33. The van der Waals surface area contributed by atoms with Gasteiger partial charge in [0.1, 0.15) is 0 Å². The Morgan fingerprint density at radius 1 is 1.33 bits per heavy atom. The van der Waals surface area contributed by atoms with E-state index in [2.05, 4.69) is 20.9 Å². The molecule has 0 aliphatic heterocycles. The minimum absolute atomic E-state index is 0. The lowest BCUT2D eigenvalue weighted by Crippen LogP contribution is -1.98. The molecule has 0 saturated heterocycles. The van der Waals surface area contributed by atoms with Crippen molar-refractivity contribution in [2.24, 2.45) is 0 Å². The molecule has 1 aromatic heterocycles. The minimum Gasteiger partial charge on any atom is -0.293 e. The molecule has 1 rings (SSSR count). The van der Waals surface area contributed by atoms with Crippen LogP contribution in [0.1, 0.15) is 10.4 Å². The Labute approximate surface area is 100 Å². The molecule has 1 heterocycles. The van der Waals surface area contributed by atoms with Crippen LogP contribution in [0.25, 0.3) is 0 Å². The summed E-state index contributed by atoms with van der Waals surface area (Å²) in [6.45, 7) is 0. The molecule has 0 bridgehead atoms. The molecule has 1 aromatic rings. The number of nitrogens with zero attached hydrogens (tertiary/aromatic N) is 1. The number of pyridine rings is 1. The second-order valence-corrected chi connectivity index (χ2v) is 2.35. The van der Waals surface area contributed by atoms with Crippen molar-refractivity contribution in [3.8, 4) is 0 Å². The highest BCUT2D eigenvalue weighted by Gasteiger charge is 2.00. The van der Waals surface area contributed by atoms with Crippen LogP contribution in [-0.2, 0) is 0 Å². The number of carbonyl (C=O) groups is 1. The van der Waals surface area contributed by atoms with Crippen LogP contribution in [0.2, 0.25) is 0 Å². The molecule has 0 atom stereocenters. The number of hydrogen-bond acceptors (Lipinski definition) is 2. The van der Waals surface area contributed by atoms with Gasteiger partial charge in [0.25, 0.3) is 0 Å². The maximum Gasteiger partial charge on any atom is 0.173 e. The van der Waals surface area contributed by atoms with E-state index in [1.54, 1.807) is 24.5 Å². The molecule has 0 radical (unpaired) electrons. The molecule has 12 heavy (non-hydrogen) atoms. The van der Waals surface area contributed by atoms with Gasteiger partial charge in [0.15, 0.2) is 5.78 Å². The molecule has 5 heteroatoms. The summed E-state index contributed by atoms with van der Waals surface area (Å²) in [5.41, 5.74) is 0.701. The Bertz CT molecular complexity index is 227. The van der Waals surface area contributed by atoms with Gasteiger partial charge >= 0.3 is 0 Å². The lowest BCUT2D eigenvalue weighted by atomic mass is 10.2. The van der Waals surface area contributed by atoms with Gasteiger partial charge in [-0.3, -0.25) is 9.78 Å². The molecule has 0 aromatic carbocycles. The average Bonchev–Trinajstić information content (AvgIpc) is 2.05. The first-order valence-electron chi connectivity index (χ1n) is 2.84. The van der Waals surface area contributed by atoms with E-state index in [0.717, 1.165) is 0 Å². The van der Waals surface area contributed by atoms with E-state index in [4.69, 9.17) is 0 Å². The van der Waals surface area contributed by atoms with Crippen LogP contribution in [0.15, 0.2) is 24.5 Å². The molecule has 0 fully saturated rings. The van der Waals surface area contributed by atoms with Gasteiger partial charge in [0.2, 0.25) is 0 Å². The van der Waals surface area contributed by atoms with Crippen molar-refractivity contribution < 1.29 is 4.79 Å². The standard InChI is InChI=1S/C7H6BrNO.2BrH/c8-5-7(10)6-1-3-9-4-2-6;;/h1-4H,5H2;2*1H. The van der Waals surface area contributed by atoms with Crippen LogP contribution in [0.4, 0.5) is 0 Å². The largest absolute Gasteiger partial charge is 0.293 e. The van der Waals surface area contributed by atoms with Crippen LogP contribution in [-0.4, -0.2) is 16.1 Å². The normalized spacial score (nSPS) is 7.75. The monoisotopic (exact) mass is 359 g/mol. The Morgan fingerprint density at radius 2 is 1.83 bits per heavy atom. The predicted octanol–water partition coefficient (Wildman–Crippen LogP) is 2.82. The maximum atomic E-state index is 10.9. The number of aromatic nitrogens is 1. The zero-order chi connectivity index (χ0) is 7.40. The molecule has 0 spiro atoms. The predicted molar refractivity (Wildman–Crippen MR) is 63.0 cm³/mol. The maximum absolute atomic E-state index is 10.9. The lowest BCUT2D eigenvalue weighted by molar-refractivity contribution is 0.102. The van der Waals surface area contributed by atoms with Gasteiger partial charge in [0.05, 0.1) is 5.33 Å². The fourth-order valence-corrected chi connectivity index (χ4v) is 0.939. The van der Waals surface area contributed by atoms with E-state index in [9.17, 15) is 4.79 Å². The molecule has 68 valence electrons. The number of ketones is 1. The fraction of sp³-hybridized carbons (Fsp3) is 0.143. The van der Waals surface area contributed by atoms with Crippen molar-refractivity contribution in [2.75, 3.05) is 5.33 Å². The van der Waals surface area contributed by atoms with Gasteiger partial charge in [0, 0.05) is 18.0 Å². The molecule has 0 N–H and O–H groups in total. The van der Waals surface area contributed by atoms with E-state index >= 15 is 0 Å². The molecule has 0 saturated carbocycles. The zero-order valence-corrected chi connectivity index (χ0v) is 11.1. The third-order valence-corrected chi connectivity index (χ3v) is 1.63. The van der Waals surface area contributed by atoms with E-state index in [0.29, 0.717) is 10.9 Å². The summed E-state index contributed by atoms with van der Waals surface area (Å²) in [6, 6.07) is 3.40. The average molecular weight is 362 g/mol.